The van der Waals surface area contributed by atoms with Crippen molar-refractivity contribution < 1.29 is 0 Å². The van der Waals surface area contributed by atoms with Gasteiger partial charge in [0.25, 0.3) is 0 Å². The van der Waals surface area contributed by atoms with E-state index in [1.54, 1.807) is 24.2 Å². The van der Waals surface area contributed by atoms with Gasteiger partial charge >= 0.3 is 0 Å². The minimum absolute atomic E-state index is 0.859. The highest BCUT2D eigenvalue weighted by atomic mass is 28.3. The summed E-state index contributed by atoms with van der Waals surface area (Å²) >= 11 is 0. The van der Waals surface area contributed by atoms with Crippen molar-refractivity contribution in [3.63, 3.8) is 0 Å². The Balaban J connectivity index is 4.37. The van der Waals surface area contributed by atoms with Crippen LogP contribution in [-0.2, 0) is 0 Å². The highest BCUT2D eigenvalue weighted by Crippen LogP contribution is 2.32. The van der Waals surface area contributed by atoms with E-state index in [1.807, 2.05) is 0 Å². The van der Waals surface area contributed by atoms with E-state index in [0.29, 0.717) is 0 Å². The van der Waals surface area contributed by atoms with Gasteiger partial charge in [-0.1, -0.05) is 78.1 Å². The van der Waals surface area contributed by atoms with E-state index in [1.165, 1.54) is 19.3 Å². The highest BCUT2D eigenvalue weighted by molar-refractivity contribution is 6.79. The Morgan fingerprint density at radius 1 is 0.786 bits per heavy atom. The van der Waals surface area contributed by atoms with Crippen molar-refractivity contribution in [3.8, 4) is 0 Å². The summed E-state index contributed by atoms with van der Waals surface area (Å²) in [6.45, 7) is 11.9. The molecule has 0 bridgehead atoms. The van der Waals surface area contributed by atoms with Crippen LogP contribution in [0.3, 0.4) is 0 Å². The summed E-state index contributed by atoms with van der Waals surface area (Å²) in [7, 11) is -0.859. The summed E-state index contributed by atoms with van der Waals surface area (Å²) in [6.07, 6.45) is 4.25. The van der Waals surface area contributed by atoms with Crippen LogP contribution in [0.25, 0.3) is 0 Å². The van der Waals surface area contributed by atoms with Gasteiger partial charge in [-0.2, -0.15) is 0 Å². The molecule has 0 aromatic rings. The van der Waals surface area contributed by atoms with Crippen LogP contribution in [0.4, 0.5) is 0 Å². The van der Waals surface area contributed by atoms with Crippen molar-refractivity contribution in [3.05, 3.63) is 0 Å². The summed E-state index contributed by atoms with van der Waals surface area (Å²) in [4.78, 5) is 0. The van der Waals surface area contributed by atoms with Gasteiger partial charge in [0.05, 0.1) is 8.07 Å². The van der Waals surface area contributed by atoms with Crippen LogP contribution in [0, 0.1) is 5.92 Å². The highest BCUT2D eigenvalue weighted by Gasteiger charge is 2.30. The Morgan fingerprint density at radius 3 is 1.36 bits per heavy atom. The van der Waals surface area contributed by atoms with Gasteiger partial charge in [-0.3, -0.25) is 0 Å². The normalized spacial score (nSPS) is 12.4. The average molecular weight is 214 g/mol. The van der Waals surface area contributed by atoms with Gasteiger partial charge in [0.2, 0.25) is 0 Å². The zero-order chi connectivity index (χ0) is 11.0. The predicted octanol–water partition coefficient (Wildman–Crippen LogP) is 5.32. The standard InChI is InChI=1S/C13H30Si/c1-6-9-14(10-7-2,11-8-3)12-13(4)5/h13H,6-12H2,1-5H3. The van der Waals surface area contributed by atoms with E-state index in [4.69, 9.17) is 0 Å². The first kappa shape index (κ1) is 14.2. The first-order valence-corrected chi connectivity index (χ1v) is 9.43. The molecule has 0 unspecified atom stereocenters. The molecule has 1 heteroatoms. The van der Waals surface area contributed by atoms with Crippen molar-refractivity contribution in [2.75, 3.05) is 0 Å². The third-order valence-electron chi connectivity index (χ3n) is 3.18. The Hall–Kier alpha value is 0.217. The van der Waals surface area contributed by atoms with Crippen LogP contribution in [0.2, 0.25) is 24.2 Å². The van der Waals surface area contributed by atoms with Crippen molar-refractivity contribution >= 4 is 8.07 Å². The van der Waals surface area contributed by atoms with Crippen LogP contribution in [0.5, 0.6) is 0 Å². The summed E-state index contributed by atoms with van der Waals surface area (Å²) in [5.74, 6) is 0.923. The van der Waals surface area contributed by atoms with E-state index < -0.39 is 8.07 Å². The van der Waals surface area contributed by atoms with Crippen molar-refractivity contribution in [2.45, 2.75) is 78.1 Å². The van der Waals surface area contributed by atoms with Gasteiger partial charge in [0.1, 0.15) is 0 Å². The molecule has 0 atom stereocenters. The third kappa shape index (κ3) is 5.19. The molecule has 86 valence electrons. The van der Waals surface area contributed by atoms with E-state index in [0.717, 1.165) is 5.92 Å². The molecule has 0 rings (SSSR count). The molecule has 0 amide bonds. The van der Waals surface area contributed by atoms with E-state index >= 15 is 0 Å². The van der Waals surface area contributed by atoms with Gasteiger partial charge in [0, 0.05) is 0 Å². The van der Waals surface area contributed by atoms with Crippen molar-refractivity contribution in [1.29, 1.82) is 0 Å². The Kier molecular flexibility index (Phi) is 7.62. The van der Waals surface area contributed by atoms with Gasteiger partial charge in [-0.05, 0) is 5.92 Å². The molecular formula is C13H30Si. The first-order chi connectivity index (χ1) is 6.60. The maximum Gasteiger partial charge on any atom is 0.0538 e. The molecule has 0 N–H and O–H groups in total. The molecule has 0 aromatic heterocycles. The SMILES string of the molecule is CCC[Si](CCC)(CCC)CC(C)C. The Labute approximate surface area is 92.5 Å². The minimum Gasteiger partial charge on any atom is -0.0657 e. The molecule has 0 radical (unpaired) electrons. The van der Waals surface area contributed by atoms with Crippen LogP contribution in [-0.4, -0.2) is 8.07 Å². The van der Waals surface area contributed by atoms with E-state index in [2.05, 4.69) is 34.6 Å². The molecule has 0 saturated carbocycles. The zero-order valence-electron chi connectivity index (χ0n) is 11.0. The summed E-state index contributed by atoms with van der Waals surface area (Å²) in [5.41, 5.74) is 0. The van der Waals surface area contributed by atoms with Crippen molar-refractivity contribution in [1.82, 2.24) is 0 Å². The predicted molar refractivity (Wildman–Crippen MR) is 70.7 cm³/mol. The average Bonchev–Trinajstić information content (AvgIpc) is 2.03. The Morgan fingerprint density at radius 2 is 1.14 bits per heavy atom. The number of rotatable bonds is 8. The zero-order valence-corrected chi connectivity index (χ0v) is 12.0. The summed E-state index contributed by atoms with van der Waals surface area (Å²) < 4.78 is 0. The molecule has 0 aromatic carbocycles. The summed E-state index contributed by atoms with van der Waals surface area (Å²) in [5, 5.41) is 0. The maximum absolute atomic E-state index is 2.41. The first-order valence-electron chi connectivity index (χ1n) is 6.60. The molecule has 0 heterocycles. The van der Waals surface area contributed by atoms with E-state index in [-0.39, 0.29) is 0 Å². The third-order valence-corrected chi connectivity index (χ3v) is 9.55. The van der Waals surface area contributed by atoms with Crippen LogP contribution >= 0.6 is 0 Å². The fourth-order valence-electron chi connectivity index (χ4n) is 3.14. The second-order valence-electron chi connectivity index (χ2n) is 5.35. The fraction of sp³-hybridized carbons (Fsp3) is 1.00. The fourth-order valence-corrected chi connectivity index (χ4v) is 9.41. The molecule has 0 fully saturated rings. The molecule has 0 aliphatic heterocycles. The van der Waals surface area contributed by atoms with Gasteiger partial charge in [0.15, 0.2) is 0 Å². The topological polar surface area (TPSA) is 0 Å². The van der Waals surface area contributed by atoms with Crippen LogP contribution < -0.4 is 0 Å². The van der Waals surface area contributed by atoms with Gasteiger partial charge in [-0.25, -0.2) is 0 Å². The summed E-state index contributed by atoms with van der Waals surface area (Å²) in [6, 6.07) is 6.30. The molecular weight excluding hydrogens is 184 g/mol. The lowest BCUT2D eigenvalue weighted by atomic mass is 10.3. The molecule has 0 aliphatic carbocycles. The van der Waals surface area contributed by atoms with Crippen LogP contribution in [0.15, 0.2) is 0 Å². The lowest BCUT2D eigenvalue weighted by Gasteiger charge is -2.33. The lowest BCUT2D eigenvalue weighted by molar-refractivity contribution is 0.700. The maximum atomic E-state index is 2.41. The van der Waals surface area contributed by atoms with Gasteiger partial charge in [-0.15, -0.1) is 0 Å². The minimum atomic E-state index is -0.859. The molecule has 0 nitrogen and oxygen atoms in total. The Bertz CT molecular complexity index is 112. The second kappa shape index (κ2) is 7.50. The molecule has 0 aliphatic rings. The molecule has 14 heavy (non-hydrogen) atoms. The van der Waals surface area contributed by atoms with Crippen LogP contribution in [0.1, 0.15) is 53.9 Å². The van der Waals surface area contributed by atoms with E-state index in [9.17, 15) is 0 Å². The molecule has 0 spiro atoms. The lowest BCUT2D eigenvalue weighted by Crippen LogP contribution is -2.34. The largest absolute Gasteiger partial charge is 0.0657 e. The van der Waals surface area contributed by atoms with Gasteiger partial charge < -0.3 is 0 Å². The smallest absolute Gasteiger partial charge is 0.0538 e. The molecule has 0 saturated heterocycles. The van der Waals surface area contributed by atoms with Crippen molar-refractivity contribution in [2.24, 2.45) is 5.92 Å². The number of hydrogen-bond donors (Lipinski definition) is 0. The monoisotopic (exact) mass is 214 g/mol. The quantitative estimate of drug-likeness (QED) is 0.480. The number of hydrogen-bond acceptors (Lipinski definition) is 0. The second-order valence-corrected chi connectivity index (χ2v) is 10.3.